The van der Waals surface area contributed by atoms with E-state index in [1.165, 1.54) is 41.3 Å². The summed E-state index contributed by atoms with van der Waals surface area (Å²) in [4.78, 5) is 28.6. The number of rotatable bonds is 12. The van der Waals surface area contributed by atoms with Gasteiger partial charge in [-0.2, -0.15) is 0 Å². The maximum Gasteiger partial charge on any atom is 0.244 e. The summed E-state index contributed by atoms with van der Waals surface area (Å²) in [5, 5.41) is 2.89. The number of carbonyl (C=O) groups is 2. The lowest BCUT2D eigenvalue weighted by molar-refractivity contribution is -0.140. The molecule has 1 N–H and O–H groups in total. The standard InChI is InChI=1S/C29H33F2N3O4S/c1-4-21(2)32-29(36)27(18-22-12-6-5-7-13-22)33(19-23-14-8-9-15-24(23)30)28(35)20-34(39(3,37)38)26-17-11-10-16-25(26)31/h5-17,21,27H,4,18-20H2,1-3H3,(H,32,36). The zero-order chi connectivity index (χ0) is 28.6. The van der Waals surface area contributed by atoms with Crippen molar-refractivity contribution in [3.05, 3.63) is 102 Å². The number of para-hydroxylation sites is 1. The number of carbonyl (C=O) groups excluding carboxylic acids is 2. The van der Waals surface area contributed by atoms with E-state index in [9.17, 15) is 26.8 Å². The number of nitrogens with one attached hydrogen (secondary N) is 1. The van der Waals surface area contributed by atoms with Gasteiger partial charge in [0.15, 0.2) is 0 Å². The summed E-state index contributed by atoms with van der Waals surface area (Å²) in [6.07, 6.45) is 1.60. The average Bonchev–Trinajstić information content (AvgIpc) is 2.90. The maximum atomic E-state index is 14.7. The minimum Gasteiger partial charge on any atom is -0.352 e. The summed E-state index contributed by atoms with van der Waals surface area (Å²) in [7, 11) is -4.11. The molecule has 2 unspecified atom stereocenters. The van der Waals surface area contributed by atoms with Crippen molar-refractivity contribution in [3.63, 3.8) is 0 Å². The molecule has 208 valence electrons. The van der Waals surface area contributed by atoms with Gasteiger partial charge in [0.05, 0.1) is 11.9 Å². The second-order valence-corrected chi connectivity index (χ2v) is 11.3. The molecule has 7 nitrogen and oxygen atoms in total. The number of halogens is 2. The van der Waals surface area contributed by atoms with Crippen LogP contribution in [0.25, 0.3) is 0 Å². The highest BCUT2D eigenvalue weighted by molar-refractivity contribution is 7.92. The predicted molar refractivity (Wildman–Crippen MR) is 147 cm³/mol. The fourth-order valence-corrected chi connectivity index (χ4v) is 4.90. The third kappa shape index (κ3) is 8.10. The zero-order valence-electron chi connectivity index (χ0n) is 22.2. The van der Waals surface area contributed by atoms with E-state index in [0.29, 0.717) is 10.7 Å². The number of sulfonamides is 1. The molecule has 0 saturated heterocycles. The van der Waals surface area contributed by atoms with Crippen LogP contribution < -0.4 is 9.62 Å². The third-order valence-corrected chi connectivity index (χ3v) is 7.50. The third-order valence-electron chi connectivity index (χ3n) is 6.37. The molecule has 0 bridgehead atoms. The molecule has 2 atom stereocenters. The largest absolute Gasteiger partial charge is 0.352 e. The second kappa shape index (κ2) is 13.3. The average molecular weight is 558 g/mol. The minimum absolute atomic E-state index is 0.0991. The van der Waals surface area contributed by atoms with Crippen LogP contribution in [-0.4, -0.2) is 50.0 Å². The maximum absolute atomic E-state index is 14.7. The highest BCUT2D eigenvalue weighted by atomic mass is 32.2. The first kappa shape index (κ1) is 29.8. The Balaban J connectivity index is 2.08. The van der Waals surface area contributed by atoms with Gasteiger partial charge in [-0.3, -0.25) is 13.9 Å². The highest BCUT2D eigenvalue weighted by Gasteiger charge is 2.34. The SMILES string of the molecule is CCC(C)NC(=O)C(Cc1ccccc1)N(Cc1ccccc1F)C(=O)CN(c1ccccc1F)S(C)(=O)=O. The monoisotopic (exact) mass is 557 g/mol. The van der Waals surface area contributed by atoms with E-state index in [4.69, 9.17) is 0 Å². The van der Waals surface area contributed by atoms with Crippen molar-refractivity contribution in [1.82, 2.24) is 10.2 Å². The lowest BCUT2D eigenvalue weighted by Gasteiger charge is -2.34. The van der Waals surface area contributed by atoms with Crippen LogP contribution >= 0.6 is 0 Å². The molecule has 3 rings (SSSR count). The van der Waals surface area contributed by atoms with Gasteiger partial charge < -0.3 is 10.2 Å². The van der Waals surface area contributed by atoms with Crippen molar-refractivity contribution < 1.29 is 26.8 Å². The van der Waals surface area contributed by atoms with Crippen LogP contribution in [0.3, 0.4) is 0 Å². The Morgan fingerprint density at radius 2 is 1.49 bits per heavy atom. The first-order valence-corrected chi connectivity index (χ1v) is 14.5. The molecule has 0 aliphatic rings. The van der Waals surface area contributed by atoms with E-state index in [1.54, 1.807) is 30.3 Å². The Kier molecular flexibility index (Phi) is 10.2. The van der Waals surface area contributed by atoms with Crippen LogP contribution in [0.1, 0.15) is 31.4 Å². The number of nitrogens with zero attached hydrogens (tertiary/aromatic N) is 2. The normalized spacial score (nSPS) is 12.8. The van der Waals surface area contributed by atoms with Crippen molar-refractivity contribution in [2.24, 2.45) is 0 Å². The molecule has 0 spiro atoms. The van der Waals surface area contributed by atoms with E-state index in [2.05, 4.69) is 5.32 Å². The summed E-state index contributed by atoms with van der Waals surface area (Å²) in [5.74, 6) is -2.65. The van der Waals surface area contributed by atoms with Crippen LogP contribution in [0.15, 0.2) is 78.9 Å². The minimum atomic E-state index is -4.11. The van der Waals surface area contributed by atoms with E-state index in [-0.39, 0.29) is 30.3 Å². The molecule has 0 aliphatic heterocycles. The predicted octanol–water partition coefficient (Wildman–Crippen LogP) is 4.29. The fraction of sp³-hybridized carbons (Fsp3) is 0.310. The van der Waals surface area contributed by atoms with Crippen LogP contribution in [0.5, 0.6) is 0 Å². The lowest BCUT2D eigenvalue weighted by atomic mass is 10.0. The van der Waals surface area contributed by atoms with Crippen LogP contribution in [-0.2, 0) is 32.6 Å². The molecule has 0 radical (unpaired) electrons. The lowest BCUT2D eigenvalue weighted by Crippen LogP contribution is -2.54. The number of benzene rings is 3. The molecule has 0 fully saturated rings. The molecule has 3 aromatic carbocycles. The topological polar surface area (TPSA) is 86.8 Å². The molecule has 39 heavy (non-hydrogen) atoms. The van der Waals surface area contributed by atoms with Crippen LogP contribution in [0.4, 0.5) is 14.5 Å². The molecule has 0 saturated carbocycles. The summed E-state index contributed by atoms with van der Waals surface area (Å²) in [6, 6.07) is 18.8. The quantitative estimate of drug-likeness (QED) is 0.360. The Morgan fingerprint density at radius 1 is 0.897 bits per heavy atom. The number of amides is 2. The number of hydrogen-bond acceptors (Lipinski definition) is 4. The van der Waals surface area contributed by atoms with Crippen LogP contribution in [0.2, 0.25) is 0 Å². The molecule has 10 heteroatoms. The van der Waals surface area contributed by atoms with Gasteiger partial charge >= 0.3 is 0 Å². The number of anilines is 1. The Bertz CT molecular complexity index is 1390. The second-order valence-electron chi connectivity index (χ2n) is 9.36. The van der Waals surface area contributed by atoms with Crippen molar-refractivity contribution >= 4 is 27.5 Å². The van der Waals surface area contributed by atoms with E-state index in [1.807, 2.05) is 19.9 Å². The van der Waals surface area contributed by atoms with Gasteiger partial charge in [0.25, 0.3) is 0 Å². The van der Waals surface area contributed by atoms with Gasteiger partial charge in [-0.15, -0.1) is 0 Å². The van der Waals surface area contributed by atoms with E-state index < -0.39 is 46.1 Å². The Labute approximate surface area is 228 Å². The molecule has 3 aromatic rings. The van der Waals surface area contributed by atoms with Crippen molar-refractivity contribution in [3.8, 4) is 0 Å². The van der Waals surface area contributed by atoms with Crippen molar-refractivity contribution in [2.45, 2.75) is 45.3 Å². The molecule has 0 heterocycles. The van der Waals surface area contributed by atoms with Gasteiger partial charge in [0, 0.05) is 24.6 Å². The summed E-state index contributed by atoms with van der Waals surface area (Å²) >= 11 is 0. The van der Waals surface area contributed by atoms with Gasteiger partial charge in [0.1, 0.15) is 24.2 Å². The molecule has 0 aromatic heterocycles. The van der Waals surface area contributed by atoms with E-state index >= 15 is 0 Å². The fourth-order valence-electron chi connectivity index (χ4n) is 4.05. The Morgan fingerprint density at radius 3 is 2.08 bits per heavy atom. The zero-order valence-corrected chi connectivity index (χ0v) is 23.0. The molecule has 2 amide bonds. The van der Waals surface area contributed by atoms with Crippen molar-refractivity contribution in [1.29, 1.82) is 0 Å². The van der Waals surface area contributed by atoms with Crippen molar-refractivity contribution in [2.75, 3.05) is 17.1 Å². The number of hydrogen-bond donors (Lipinski definition) is 1. The molecular formula is C29H33F2N3O4S. The summed E-state index contributed by atoms with van der Waals surface area (Å²) < 4.78 is 55.4. The summed E-state index contributed by atoms with van der Waals surface area (Å²) in [6.45, 7) is 2.64. The van der Waals surface area contributed by atoms with Gasteiger partial charge in [-0.1, -0.05) is 67.6 Å². The summed E-state index contributed by atoms with van der Waals surface area (Å²) in [5.41, 5.74) is 0.599. The molecular weight excluding hydrogens is 524 g/mol. The van der Waals surface area contributed by atoms with Gasteiger partial charge in [-0.25, -0.2) is 17.2 Å². The first-order valence-electron chi connectivity index (χ1n) is 12.6. The van der Waals surface area contributed by atoms with Crippen LogP contribution in [0, 0.1) is 11.6 Å². The smallest absolute Gasteiger partial charge is 0.244 e. The molecule has 0 aliphatic carbocycles. The Hall–Kier alpha value is -3.79. The first-order chi connectivity index (χ1) is 18.5. The highest BCUT2D eigenvalue weighted by Crippen LogP contribution is 2.23. The van der Waals surface area contributed by atoms with Gasteiger partial charge in [-0.05, 0) is 37.1 Å². The van der Waals surface area contributed by atoms with Gasteiger partial charge in [0.2, 0.25) is 21.8 Å². The van der Waals surface area contributed by atoms with E-state index in [0.717, 1.165) is 17.9 Å².